The first-order valence-corrected chi connectivity index (χ1v) is 9.41. The zero-order chi connectivity index (χ0) is 17.3. The zero-order valence-corrected chi connectivity index (χ0v) is 15.5. The Morgan fingerprint density at radius 1 is 1.33 bits per heavy atom. The maximum absolute atomic E-state index is 12.7. The molecule has 1 aromatic carbocycles. The van der Waals surface area contributed by atoms with Crippen molar-refractivity contribution in [3.8, 4) is 0 Å². The van der Waals surface area contributed by atoms with Crippen molar-refractivity contribution < 1.29 is 4.79 Å². The lowest BCUT2D eigenvalue weighted by Gasteiger charge is -2.33. The Kier molecular flexibility index (Phi) is 4.99. The predicted octanol–water partition coefficient (Wildman–Crippen LogP) is 3.97. The molecular formula is C19H25N3OS. The smallest absolute Gasteiger partial charge is 0.235 e. The number of fused-ring (bicyclic) bond motifs is 1. The van der Waals surface area contributed by atoms with Crippen LogP contribution < -0.4 is 0 Å². The maximum Gasteiger partial charge on any atom is 0.235 e. The van der Waals surface area contributed by atoms with E-state index in [0.29, 0.717) is 0 Å². The van der Waals surface area contributed by atoms with Gasteiger partial charge in [-0.05, 0) is 31.7 Å². The monoisotopic (exact) mass is 343 g/mol. The van der Waals surface area contributed by atoms with E-state index in [1.165, 1.54) is 11.8 Å². The summed E-state index contributed by atoms with van der Waals surface area (Å²) < 4.78 is 0. The number of amidine groups is 1. The van der Waals surface area contributed by atoms with Crippen LogP contribution in [0.3, 0.4) is 0 Å². The van der Waals surface area contributed by atoms with Gasteiger partial charge in [0.05, 0.1) is 10.9 Å². The van der Waals surface area contributed by atoms with Crippen LogP contribution in [0.4, 0.5) is 5.69 Å². The second kappa shape index (κ2) is 7.01. The van der Waals surface area contributed by atoms with Crippen LogP contribution in [0, 0.1) is 5.92 Å². The van der Waals surface area contributed by atoms with Gasteiger partial charge in [0.15, 0.2) is 5.17 Å². The van der Waals surface area contributed by atoms with Crippen LogP contribution in [0.25, 0.3) is 5.70 Å². The van der Waals surface area contributed by atoms with Gasteiger partial charge in [-0.2, -0.15) is 0 Å². The number of piperidine rings is 1. The molecule has 0 saturated carbocycles. The lowest BCUT2D eigenvalue weighted by Crippen LogP contribution is -2.42. The molecule has 2 heterocycles. The molecule has 1 atom stereocenters. The number of likely N-dealkylation sites (tertiary alicyclic amines) is 1. The van der Waals surface area contributed by atoms with E-state index in [1.807, 2.05) is 48.0 Å². The number of rotatable bonds is 2. The number of para-hydroxylation sites is 1. The summed E-state index contributed by atoms with van der Waals surface area (Å²) in [5, 5.41) is 0.697. The van der Waals surface area contributed by atoms with Crippen molar-refractivity contribution in [2.24, 2.45) is 10.9 Å². The molecule has 0 radical (unpaired) electrons. The number of carbonyl (C=O) groups excluding carboxylic acids is 1. The van der Waals surface area contributed by atoms with Gasteiger partial charge >= 0.3 is 0 Å². The molecule has 5 heteroatoms. The zero-order valence-electron chi connectivity index (χ0n) is 14.7. The average Bonchev–Trinajstić information content (AvgIpc) is 2.59. The quantitative estimate of drug-likeness (QED) is 0.815. The molecule has 0 unspecified atom stereocenters. The molecule has 2 aliphatic heterocycles. The van der Waals surface area contributed by atoms with Gasteiger partial charge in [-0.1, -0.05) is 43.5 Å². The molecular weight excluding hydrogens is 318 g/mol. The van der Waals surface area contributed by atoms with Gasteiger partial charge in [0.2, 0.25) is 5.91 Å². The van der Waals surface area contributed by atoms with Crippen molar-refractivity contribution in [3.63, 3.8) is 0 Å². The van der Waals surface area contributed by atoms with Crippen LogP contribution in [0.2, 0.25) is 0 Å². The van der Waals surface area contributed by atoms with Crippen molar-refractivity contribution in [2.45, 2.75) is 31.9 Å². The first-order valence-electron chi connectivity index (χ1n) is 8.53. The average molecular weight is 343 g/mol. The predicted molar refractivity (Wildman–Crippen MR) is 102 cm³/mol. The number of hydrogen-bond donors (Lipinski definition) is 0. The van der Waals surface area contributed by atoms with Crippen LogP contribution >= 0.6 is 11.8 Å². The Morgan fingerprint density at radius 2 is 2.00 bits per heavy atom. The van der Waals surface area contributed by atoms with Crippen LogP contribution in [0.1, 0.15) is 32.3 Å². The van der Waals surface area contributed by atoms with Crippen molar-refractivity contribution in [2.75, 3.05) is 20.1 Å². The Morgan fingerprint density at radius 3 is 2.71 bits per heavy atom. The molecule has 3 rings (SSSR count). The Bertz CT molecular complexity index is 677. The van der Waals surface area contributed by atoms with E-state index in [2.05, 4.69) is 13.5 Å². The van der Waals surface area contributed by atoms with Gasteiger partial charge < -0.3 is 9.80 Å². The standard InChI is InChI=1S/C19H25N3OS/c1-13-9-11-22(12-10-13)18(23)15(3)24-19-20-17-8-6-5-7-16(17)14(2)21(19)4/h5-8,13,15H,2,9-12H2,1,3-4H3/t15-/m1/s1. The van der Waals surface area contributed by atoms with E-state index in [4.69, 9.17) is 4.99 Å². The Labute approximate surface area is 148 Å². The summed E-state index contributed by atoms with van der Waals surface area (Å²) >= 11 is 1.52. The summed E-state index contributed by atoms with van der Waals surface area (Å²) in [4.78, 5) is 21.4. The largest absolute Gasteiger partial charge is 0.342 e. The van der Waals surface area contributed by atoms with Crippen molar-refractivity contribution in [1.82, 2.24) is 9.80 Å². The minimum Gasteiger partial charge on any atom is -0.342 e. The highest BCUT2D eigenvalue weighted by Crippen LogP contribution is 2.35. The van der Waals surface area contributed by atoms with Crippen LogP contribution in [-0.4, -0.2) is 46.3 Å². The maximum atomic E-state index is 12.7. The van der Waals surface area contributed by atoms with Gasteiger partial charge in [0.25, 0.3) is 0 Å². The van der Waals surface area contributed by atoms with Crippen LogP contribution in [0.5, 0.6) is 0 Å². The summed E-state index contributed by atoms with van der Waals surface area (Å²) in [6, 6.07) is 8.00. The molecule has 1 saturated heterocycles. The van der Waals surface area contributed by atoms with Gasteiger partial charge in [-0.25, -0.2) is 4.99 Å². The van der Waals surface area contributed by atoms with Gasteiger partial charge in [0, 0.05) is 31.4 Å². The highest BCUT2D eigenvalue weighted by molar-refractivity contribution is 8.14. The van der Waals surface area contributed by atoms with Gasteiger partial charge in [-0.3, -0.25) is 4.79 Å². The summed E-state index contributed by atoms with van der Waals surface area (Å²) in [5.74, 6) is 0.943. The first-order chi connectivity index (χ1) is 11.5. The molecule has 4 nitrogen and oxygen atoms in total. The fraction of sp³-hybridized carbons (Fsp3) is 0.474. The number of amides is 1. The number of benzene rings is 1. The van der Waals surface area contributed by atoms with E-state index in [0.717, 1.165) is 54.0 Å². The lowest BCUT2D eigenvalue weighted by molar-refractivity contribution is -0.131. The molecule has 1 amide bonds. The fourth-order valence-corrected chi connectivity index (χ4v) is 4.07. The van der Waals surface area contributed by atoms with E-state index < -0.39 is 0 Å². The summed E-state index contributed by atoms with van der Waals surface area (Å²) in [6.07, 6.45) is 2.21. The van der Waals surface area contributed by atoms with E-state index in [-0.39, 0.29) is 11.2 Å². The number of thioether (sulfide) groups is 1. The van der Waals surface area contributed by atoms with Gasteiger partial charge in [-0.15, -0.1) is 0 Å². The molecule has 0 aromatic heterocycles. The summed E-state index contributed by atoms with van der Waals surface area (Å²) in [5.41, 5.74) is 2.90. The summed E-state index contributed by atoms with van der Waals surface area (Å²) in [7, 11) is 1.96. The molecule has 0 bridgehead atoms. The summed E-state index contributed by atoms with van der Waals surface area (Å²) in [6.45, 7) is 10.2. The SMILES string of the molecule is C=C1c2ccccc2N=C(S[C@H](C)C(=O)N2CCC(C)CC2)N1C. The number of nitrogens with zero attached hydrogens (tertiary/aromatic N) is 3. The van der Waals surface area contributed by atoms with E-state index in [1.54, 1.807) is 0 Å². The van der Waals surface area contributed by atoms with E-state index in [9.17, 15) is 4.79 Å². The molecule has 0 aliphatic carbocycles. The third-order valence-electron chi connectivity index (χ3n) is 4.85. The molecule has 1 fully saturated rings. The molecule has 128 valence electrons. The van der Waals surface area contributed by atoms with Crippen LogP contribution in [0.15, 0.2) is 35.8 Å². The normalized spacial score (nSPS) is 19.8. The third kappa shape index (κ3) is 3.36. The fourth-order valence-electron chi connectivity index (χ4n) is 3.09. The minimum absolute atomic E-state index is 0.141. The highest BCUT2D eigenvalue weighted by Gasteiger charge is 2.28. The molecule has 2 aliphatic rings. The van der Waals surface area contributed by atoms with Crippen LogP contribution in [-0.2, 0) is 4.79 Å². The molecule has 1 aromatic rings. The number of hydrogen-bond acceptors (Lipinski definition) is 4. The van der Waals surface area contributed by atoms with Crippen molar-refractivity contribution >= 4 is 34.2 Å². The highest BCUT2D eigenvalue weighted by atomic mass is 32.2. The topological polar surface area (TPSA) is 35.9 Å². The third-order valence-corrected chi connectivity index (χ3v) is 5.98. The first kappa shape index (κ1) is 17.1. The Hall–Kier alpha value is -1.75. The van der Waals surface area contributed by atoms with E-state index >= 15 is 0 Å². The number of carbonyl (C=O) groups is 1. The lowest BCUT2D eigenvalue weighted by atomic mass is 9.99. The molecule has 0 N–H and O–H groups in total. The minimum atomic E-state index is -0.141. The van der Waals surface area contributed by atoms with Crippen molar-refractivity contribution in [3.05, 3.63) is 36.4 Å². The molecule has 0 spiro atoms. The number of aliphatic imine (C=N–C) groups is 1. The molecule has 24 heavy (non-hydrogen) atoms. The second-order valence-corrected chi connectivity index (χ2v) is 7.99. The Balaban J connectivity index is 1.72. The van der Waals surface area contributed by atoms with Gasteiger partial charge in [0.1, 0.15) is 0 Å². The second-order valence-electron chi connectivity index (χ2n) is 6.69. The van der Waals surface area contributed by atoms with Crippen molar-refractivity contribution in [1.29, 1.82) is 0 Å².